The Kier molecular flexibility index (Phi) is 4.32. The van der Waals surface area contributed by atoms with Gasteiger partial charge in [-0.05, 0) is 24.6 Å². The molecule has 0 aliphatic heterocycles. The summed E-state index contributed by atoms with van der Waals surface area (Å²) in [6, 6.07) is 6.99. The van der Waals surface area contributed by atoms with Gasteiger partial charge in [-0.3, -0.25) is 0 Å². The van der Waals surface area contributed by atoms with Crippen molar-refractivity contribution in [3.63, 3.8) is 0 Å². The maximum atomic E-state index is 10.4. The molecule has 86 valence electrons. The molecule has 0 atom stereocenters. The third kappa shape index (κ3) is 4.00. The number of amides is 2. The van der Waals surface area contributed by atoms with Crippen LogP contribution in [0.5, 0.6) is 5.75 Å². The van der Waals surface area contributed by atoms with Crippen LogP contribution in [0, 0.1) is 0 Å². The molecular weight excluding hydrogens is 206 g/mol. The fourth-order valence-corrected chi connectivity index (χ4v) is 1.23. The maximum Gasteiger partial charge on any atom is 0.332 e. The highest BCUT2D eigenvalue weighted by Gasteiger charge is 1.98. The third-order valence-electron chi connectivity index (χ3n) is 1.98. The summed E-state index contributed by atoms with van der Waals surface area (Å²) in [6.45, 7) is 1.82. The molecule has 16 heavy (non-hydrogen) atoms. The van der Waals surface area contributed by atoms with Crippen molar-refractivity contribution in [2.45, 2.75) is 13.3 Å². The van der Waals surface area contributed by atoms with Crippen LogP contribution in [0.25, 0.3) is 0 Å². The summed E-state index contributed by atoms with van der Waals surface area (Å²) in [7, 11) is 1.62. The number of rotatable bonds is 4. The summed E-state index contributed by atoms with van der Waals surface area (Å²) in [5.41, 5.74) is 8.96. The van der Waals surface area contributed by atoms with Gasteiger partial charge in [-0.25, -0.2) is 10.2 Å². The van der Waals surface area contributed by atoms with E-state index in [0.717, 1.165) is 17.0 Å². The quantitative estimate of drug-likeness (QED) is 0.593. The smallest absolute Gasteiger partial charge is 0.332 e. The van der Waals surface area contributed by atoms with Gasteiger partial charge in [0.15, 0.2) is 0 Å². The summed E-state index contributed by atoms with van der Waals surface area (Å²) in [5.74, 6) is 0.814. The predicted octanol–water partition coefficient (Wildman–Crippen LogP) is 1.28. The van der Waals surface area contributed by atoms with E-state index in [0.29, 0.717) is 6.42 Å². The maximum absolute atomic E-state index is 10.4. The molecule has 1 aromatic rings. The lowest BCUT2D eigenvalue weighted by Crippen LogP contribution is -2.25. The molecule has 0 spiro atoms. The molecule has 0 radical (unpaired) electrons. The molecule has 0 aromatic heterocycles. The van der Waals surface area contributed by atoms with Crippen LogP contribution in [-0.2, 0) is 6.42 Å². The van der Waals surface area contributed by atoms with Crippen molar-refractivity contribution < 1.29 is 9.53 Å². The summed E-state index contributed by atoms with van der Waals surface area (Å²) >= 11 is 0. The minimum atomic E-state index is -0.658. The Morgan fingerprint density at radius 1 is 1.44 bits per heavy atom. The molecule has 0 fully saturated rings. The molecule has 2 amide bonds. The summed E-state index contributed by atoms with van der Waals surface area (Å²) in [5, 5.41) is 3.82. The molecule has 0 saturated carbocycles. The fourth-order valence-electron chi connectivity index (χ4n) is 1.23. The Balaban J connectivity index is 2.58. The highest BCUT2D eigenvalue weighted by atomic mass is 16.5. The zero-order valence-electron chi connectivity index (χ0n) is 9.36. The van der Waals surface area contributed by atoms with Gasteiger partial charge >= 0.3 is 6.03 Å². The van der Waals surface area contributed by atoms with Crippen LogP contribution in [0.3, 0.4) is 0 Å². The lowest BCUT2D eigenvalue weighted by atomic mass is 10.1. The van der Waals surface area contributed by atoms with Gasteiger partial charge in [0.25, 0.3) is 0 Å². The van der Waals surface area contributed by atoms with E-state index < -0.39 is 6.03 Å². The second-order valence-electron chi connectivity index (χ2n) is 3.35. The summed E-state index contributed by atoms with van der Waals surface area (Å²) in [6.07, 6.45) is 0.657. The number of carbonyl (C=O) groups excluding carboxylic acids is 1. The monoisotopic (exact) mass is 221 g/mol. The summed E-state index contributed by atoms with van der Waals surface area (Å²) in [4.78, 5) is 10.4. The molecular formula is C11H15N3O2. The number of primary amides is 1. The van der Waals surface area contributed by atoms with Gasteiger partial charge in [0.1, 0.15) is 5.75 Å². The van der Waals surface area contributed by atoms with Gasteiger partial charge in [-0.2, -0.15) is 5.10 Å². The highest BCUT2D eigenvalue weighted by molar-refractivity contribution is 5.85. The van der Waals surface area contributed by atoms with Crippen molar-refractivity contribution in [1.29, 1.82) is 0 Å². The number of hydrazone groups is 1. The van der Waals surface area contributed by atoms with Crippen LogP contribution in [0.2, 0.25) is 0 Å². The number of carbonyl (C=O) groups is 1. The Morgan fingerprint density at radius 3 is 2.56 bits per heavy atom. The molecule has 1 rings (SSSR count). The zero-order chi connectivity index (χ0) is 12.0. The largest absolute Gasteiger partial charge is 0.497 e. The predicted molar refractivity (Wildman–Crippen MR) is 62.5 cm³/mol. The van der Waals surface area contributed by atoms with E-state index in [-0.39, 0.29) is 0 Å². The van der Waals surface area contributed by atoms with E-state index in [1.807, 2.05) is 31.2 Å². The molecule has 0 saturated heterocycles. The van der Waals surface area contributed by atoms with Crippen LogP contribution in [0.15, 0.2) is 29.4 Å². The molecule has 3 N–H and O–H groups in total. The molecule has 1 aromatic carbocycles. The fraction of sp³-hybridized carbons (Fsp3) is 0.273. The Morgan fingerprint density at radius 2 is 2.06 bits per heavy atom. The van der Waals surface area contributed by atoms with Crippen molar-refractivity contribution in [3.8, 4) is 5.75 Å². The van der Waals surface area contributed by atoms with E-state index in [4.69, 9.17) is 10.5 Å². The molecule has 0 aliphatic carbocycles. The molecule has 0 unspecified atom stereocenters. The van der Waals surface area contributed by atoms with Gasteiger partial charge in [-0.15, -0.1) is 0 Å². The molecule has 5 heteroatoms. The second kappa shape index (κ2) is 5.75. The molecule has 0 aliphatic rings. The van der Waals surface area contributed by atoms with Gasteiger partial charge < -0.3 is 10.5 Å². The zero-order valence-corrected chi connectivity index (χ0v) is 9.36. The molecule has 5 nitrogen and oxygen atoms in total. The van der Waals surface area contributed by atoms with Crippen molar-refractivity contribution in [2.75, 3.05) is 7.11 Å². The number of nitrogens with one attached hydrogen (secondary N) is 1. The van der Waals surface area contributed by atoms with Crippen LogP contribution < -0.4 is 15.9 Å². The third-order valence-corrected chi connectivity index (χ3v) is 1.98. The van der Waals surface area contributed by atoms with Gasteiger partial charge in [0.2, 0.25) is 0 Å². The lowest BCUT2D eigenvalue weighted by Gasteiger charge is -2.03. The minimum absolute atomic E-state index is 0.657. The average Bonchev–Trinajstić information content (AvgIpc) is 2.27. The first kappa shape index (κ1) is 12.0. The first-order valence-electron chi connectivity index (χ1n) is 4.83. The number of ether oxygens (including phenoxy) is 1. The number of hydrogen-bond donors (Lipinski definition) is 2. The number of nitrogens with two attached hydrogens (primary N) is 1. The minimum Gasteiger partial charge on any atom is -0.497 e. The first-order valence-corrected chi connectivity index (χ1v) is 4.83. The average molecular weight is 221 g/mol. The van der Waals surface area contributed by atoms with E-state index in [1.54, 1.807) is 7.11 Å². The Bertz CT molecular complexity index is 385. The number of urea groups is 1. The second-order valence-corrected chi connectivity index (χ2v) is 3.35. The SMILES string of the molecule is COc1ccc(C/C(C)=N/NC(N)=O)cc1. The standard InChI is InChI=1S/C11H15N3O2/c1-8(13-14-11(12)15)7-9-3-5-10(16-2)6-4-9/h3-6H,7H2,1-2H3,(H3,12,14,15)/b13-8+. The Hall–Kier alpha value is -2.04. The van der Waals surface area contributed by atoms with Crippen molar-refractivity contribution in [3.05, 3.63) is 29.8 Å². The van der Waals surface area contributed by atoms with Crippen molar-refractivity contribution >= 4 is 11.7 Å². The van der Waals surface area contributed by atoms with Gasteiger partial charge in [0, 0.05) is 12.1 Å². The number of nitrogens with zero attached hydrogens (tertiary/aromatic N) is 1. The van der Waals surface area contributed by atoms with Crippen LogP contribution >= 0.6 is 0 Å². The summed E-state index contributed by atoms with van der Waals surface area (Å²) < 4.78 is 5.05. The van der Waals surface area contributed by atoms with Crippen molar-refractivity contribution in [1.82, 2.24) is 5.43 Å². The van der Waals surface area contributed by atoms with Crippen LogP contribution in [0.1, 0.15) is 12.5 Å². The van der Waals surface area contributed by atoms with E-state index in [1.165, 1.54) is 0 Å². The van der Waals surface area contributed by atoms with E-state index in [9.17, 15) is 4.79 Å². The number of methoxy groups -OCH3 is 1. The van der Waals surface area contributed by atoms with E-state index >= 15 is 0 Å². The normalized spacial score (nSPS) is 11.0. The molecule has 0 bridgehead atoms. The number of hydrogen-bond acceptors (Lipinski definition) is 3. The number of benzene rings is 1. The van der Waals surface area contributed by atoms with E-state index in [2.05, 4.69) is 10.5 Å². The van der Waals surface area contributed by atoms with Crippen LogP contribution in [-0.4, -0.2) is 18.9 Å². The topological polar surface area (TPSA) is 76.7 Å². The lowest BCUT2D eigenvalue weighted by molar-refractivity contribution is 0.249. The first-order chi connectivity index (χ1) is 7.61. The van der Waals surface area contributed by atoms with Crippen molar-refractivity contribution in [2.24, 2.45) is 10.8 Å². The van der Waals surface area contributed by atoms with Gasteiger partial charge in [0.05, 0.1) is 7.11 Å². The highest BCUT2D eigenvalue weighted by Crippen LogP contribution is 2.11. The molecule has 0 heterocycles. The Labute approximate surface area is 94.3 Å². The van der Waals surface area contributed by atoms with Gasteiger partial charge in [-0.1, -0.05) is 12.1 Å². The van der Waals surface area contributed by atoms with Crippen LogP contribution in [0.4, 0.5) is 4.79 Å².